The summed E-state index contributed by atoms with van der Waals surface area (Å²) in [7, 11) is 0. The average Bonchev–Trinajstić information content (AvgIpc) is 3.34. The van der Waals surface area contributed by atoms with Gasteiger partial charge in [-0.15, -0.1) is 0 Å². The van der Waals surface area contributed by atoms with Crippen LogP contribution in [0.2, 0.25) is 0 Å². The van der Waals surface area contributed by atoms with E-state index < -0.39 is 5.97 Å². The topological polar surface area (TPSA) is 106 Å². The van der Waals surface area contributed by atoms with Crippen molar-refractivity contribution in [1.82, 2.24) is 15.1 Å². The first-order valence-electron chi connectivity index (χ1n) is 9.73. The standard InChI is InChI=1S/C25H15N3O4/c29-14-19-11-22(27-21-9-10-26-13-20(19)21)17-5-1-15(2-6-17)16-3-7-18(8-4-16)23-12-24(25(30)31)32-28-23/h1-14H,(H,30,31). The highest BCUT2D eigenvalue weighted by Crippen LogP contribution is 2.28. The first-order chi connectivity index (χ1) is 15.6. The van der Waals surface area contributed by atoms with Crippen molar-refractivity contribution in [3.8, 4) is 33.6 Å². The lowest BCUT2D eigenvalue weighted by Gasteiger charge is -2.08. The Morgan fingerprint density at radius 2 is 1.47 bits per heavy atom. The minimum Gasteiger partial charge on any atom is -0.475 e. The van der Waals surface area contributed by atoms with E-state index in [1.165, 1.54) is 6.07 Å². The van der Waals surface area contributed by atoms with Gasteiger partial charge in [0.2, 0.25) is 5.76 Å². The van der Waals surface area contributed by atoms with Gasteiger partial charge in [-0.05, 0) is 23.3 Å². The lowest BCUT2D eigenvalue weighted by atomic mass is 10.00. The molecular weight excluding hydrogens is 406 g/mol. The quantitative estimate of drug-likeness (QED) is 0.392. The Labute approximate surface area is 182 Å². The molecule has 0 spiro atoms. The summed E-state index contributed by atoms with van der Waals surface area (Å²) >= 11 is 0. The van der Waals surface area contributed by atoms with E-state index >= 15 is 0 Å². The second-order valence-corrected chi connectivity index (χ2v) is 7.14. The minimum atomic E-state index is -1.15. The average molecular weight is 421 g/mol. The highest BCUT2D eigenvalue weighted by atomic mass is 16.5. The number of carbonyl (C=O) groups is 2. The number of nitrogens with zero attached hydrogens (tertiary/aromatic N) is 3. The van der Waals surface area contributed by atoms with Crippen LogP contribution in [0.5, 0.6) is 0 Å². The number of benzene rings is 2. The van der Waals surface area contributed by atoms with Crippen molar-refractivity contribution in [3.63, 3.8) is 0 Å². The summed E-state index contributed by atoms with van der Waals surface area (Å²) in [4.78, 5) is 31.2. The second kappa shape index (κ2) is 7.88. The molecule has 0 unspecified atom stereocenters. The number of carbonyl (C=O) groups excluding carboxylic acids is 1. The van der Waals surface area contributed by atoms with Crippen LogP contribution in [0.3, 0.4) is 0 Å². The predicted molar refractivity (Wildman–Crippen MR) is 118 cm³/mol. The number of pyridine rings is 2. The Bertz CT molecular complexity index is 1460. The van der Waals surface area contributed by atoms with E-state index in [2.05, 4.69) is 15.1 Å². The maximum atomic E-state index is 11.5. The molecule has 0 aliphatic carbocycles. The molecule has 0 aliphatic heterocycles. The molecule has 0 aliphatic rings. The van der Waals surface area contributed by atoms with Crippen molar-refractivity contribution in [1.29, 1.82) is 0 Å². The van der Waals surface area contributed by atoms with Gasteiger partial charge in [0.25, 0.3) is 0 Å². The maximum absolute atomic E-state index is 11.5. The van der Waals surface area contributed by atoms with Gasteiger partial charge in [-0.2, -0.15) is 0 Å². The van der Waals surface area contributed by atoms with E-state index in [1.807, 2.05) is 48.5 Å². The van der Waals surface area contributed by atoms with Crippen LogP contribution < -0.4 is 0 Å². The fourth-order valence-corrected chi connectivity index (χ4v) is 3.52. The number of carboxylic acid groups (broad SMARTS) is 1. The summed E-state index contributed by atoms with van der Waals surface area (Å²) < 4.78 is 4.81. The molecule has 3 heterocycles. The van der Waals surface area contributed by atoms with Gasteiger partial charge in [-0.25, -0.2) is 9.78 Å². The summed E-state index contributed by atoms with van der Waals surface area (Å²) in [5.41, 5.74) is 6.12. The molecule has 0 saturated carbocycles. The molecule has 0 saturated heterocycles. The Morgan fingerprint density at radius 3 is 2.06 bits per heavy atom. The third-order valence-electron chi connectivity index (χ3n) is 5.18. The molecule has 3 aromatic heterocycles. The van der Waals surface area contributed by atoms with Crippen molar-refractivity contribution in [3.05, 3.63) is 90.4 Å². The van der Waals surface area contributed by atoms with Crippen LogP contribution in [0.1, 0.15) is 20.9 Å². The number of rotatable bonds is 5. The van der Waals surface area contributed by atoms with Crippen LogP contribution in [0.15, 0.2) is 83.6 Å². The number of aromatic nitrogens is 3. The molecule has 0 radical (unpaired) electrons. The minimum absolute atomic E-state index is 0.198. The Hall–Kier alpha value is -4.65. The van der Waals surface area contributed by atoms with Crippen LogP contribution in [-0.4, -0.2) is 32.5 Å². The van der Waals surface area contributed by atoms with Crippen molar-refractivity contribution >= 4 is 23.2 Å². The molecule has 0 atom stereocenters. The Balaban J connectivity index is 1.43. The number of aromatic carboxylic acids is 1. The van der Waals surface area contributed by atoms with Gasteiger partial charge in [0, 0.05) is 40.5 Å². The van der Waals surface area contributed by atoms with Gasteiger partial charge in [0.1, 0.15) is 5.69 Å². The molecule has 0 bridgehead atoms. The summed E-state index contributed by atoms with van der Waals surface area (Å²) in [6.45, 7) is 0. The van der Waals surface area contributed by atoms with Crippen LogP contribution in [0, 0.1) is 0 Å². The summed E-state index contributed by atoms with van der Waals surface area (Å²) in [6.07, 6.45) is 4.12. The smallest absolute Gasteiger partial charge is 0.374 e. The van der Waals surface area contributed by atoms with Gasteiger partial charge in [-0.1, -0.05) is 53.7 Å². The highest BCUT2D eigenvalue weighted by Gasteiger charge is 2.12. The first-order valence-corrected chi connectivity index (χ1v) is 9.73. The molecule has 7 nitrogen and oxygen atoms in total. The van der Waals surface area contributed by atoms with E-state index in [1.54, 1.807) is 24.5 Å². The number of aldehydes is 1. The molecule has 2 aromatic carbocycles. The van der Waals surface area contributed by atoms with E-state index in [9.17, 15) is 9.59 Å². The van der Waals surface area contributed by atoms with Gasteiger partial charge < -0.3 is 9.63 Å². The van der Waals surface area contributed by atoms with Crippen LogP contribution >= 0.6 is 0 Å². The van der Waals surface area contributed by atoms with Crippen LogP contribution in [0.25, 0.3) is 44.5 Å². The van der Waals surface area contributed by atoms with Crippen molar-refractivity contribution < 1.29 is 19.2 Å². The normalized spacial score (nSPS) is 10.9. The first kappa shape index (κ1) is 19.3. The van der Waals surface area contributed by atoms with E-state index in [-0.39, 0.29) is 5.76 Å². The second-order valence-electron chi connectivity index (χ2n) is 7.14. The molecule has 32 heavy (non-hydrogen) atoms. The summed E-state index contributed by atoms with van der Waals surface area (Å²) in [6, 6.07) is 20.4. The van der Waals surface area contributed by atoms with Crippen molar-refractivity contribution in [2.75, 3.05) is 0 Å². The highest BCUT2D eigenvalue weighted by molar-refractivity contribution is 5.97. The zero-order valence-corrected chi connectivity index (χ0v) is 16.6. The van der Waals surface area contributed by atoms with Gasteiger partial charge in [-0.3, -0.25) is 9.78 Å². The number of carboxylic acids is 1. The fourth-order valence-electron chi connectivity index (χ4n) is 3.52. The zero-order valence-electron chi connectivity index (χ0n) is 16.6. The van der Waals surface area contributed by atoms with Crippen molar-refractivity contribution in [2.45, 2.75) is 0 Å². The van der Waals surface area contributed by atoms with Crippen LogP contribution in [-0.2, 0) is 0 Å². The van der Waals surface area contributed by atoms with E-state index in [4.69, 9.17) is 9.63 Å². The zero-order chi connectivity index (χ0) is 22.1. The number of hydrogen-bond acceptors (Lipinski definition) is 6. The number of fused-ring (bicyclic) bond motifs is 1. The SMILES string of the molecule is O=Cc1cc(-c2ccc(-c3ccc(-c4cc(C(=O)O)on4)cc3)cc2)nc2ccncc12. The van der Waals surface area contributed by atoms with E-state index in [0.717, 1.165) is 39.4 Å². The number of hydrogen-bond donors (Lipinski definition) is 1. The molecular formula is C25H15N3O4. The Morgan fingerprint density at radius 1 is 0.844 bits per heavy atom. The van der Waals surface area contributed by atoms with Crippen LogP contribution in [0.4, 0.5) is 0 Å². The maximum Gasteiger partial charge on any atom is 0.374 e. The fraction of sp³-hybridized carbons (Fsp3) is 0. The molecule has 7 heteroatoms. The lowest BCUT2D eigenvalue weighted by Crippen LogP contribution is -1.92. The Kier molecular flexibility index (Phi) is 4.76. The van der Waals surface area contributed by atoms with Gasteiger partial charge in [0.05, 0.1) is 11.2 Å². The molecule has 0 fully saturated rings. The molecule has 5 rings (SSSR count). The molecule has 0 amide bonds. The van der Waals surface area contributed by atoms with Crippen molar-refractivity contribution in [2.24, 2.45) is 0 Å². The molecule has 1 N–H and O–H groups in total. The predicted octanol–water partition coefficient (Wildman–Crippen LogP) is 5.13. The molecule has 5 aromatic rings. The van der Waals surface area contributed by atoms with Gasteiger partial charge >= 0.3 is 5.97 Å². The third kappa shape index (κ3) is 3.52. The third-order valence-corrected chi connectivity index (χ3v) is 5.18. The molecule has 154 valence electrons. The summed E-state index contributed by atoms with van der Waals surface area (Å²) in [5.74, 6) is -1.35. The monoisotopic (exact) mass is 421 g/mol. The largest absolute Gasteiger partial charge is 0.475 e. The lowest BCUT2D eigenvalue weighted by molar-refractivity contribution is 0.0652. The van der Waals surface area contributed by atoms with E-state index in [0.29, 0.717) is 17.0 Å². The summed E-state index contributed by atoms with van der Waals surface area (Å²) in [5, 5.41) is 13.5. The van der Waals surface area contributed by atoms with Gasteiger partial charge in [0.15, 0.2) is 6.29 Å².